The molecule has 0 radical (unpaired) electrons. The second-order valence-corrected chi connectivity index (χ2v) is 4.47. The monoisotopic (exact) mass is 216 g/mol. The second-order valence-electron chi connectivity index (χ2n) is 4.47. The molecule has 0 aromatic carbocycles. The summed E-state index contributed by atoms with van der Waals surface area (Å²) in [5.74, 6) is 0. The van der Waals surface area contributed by atoms with E-state index in [0.717, 1.165) is 6.54 Å². The van der Waals surface area contributed by atoms with Crippen LogP contribution in [0.2, 0.25) is 0 Å². The largest absolute Gasteiger partial charge is 0.394 e. The van der Waals surface area contributed by atoms with Crippen molar-refractivity contribution in [3.63, 3.8) is 0 Å². The second kappa shape index (κ2) is 6.43. The van der Waals surface area contributed by atoms with Gasteiger partial charge in [-0.2, -0.15) is 0 Å². The van der Waals surface area contributed by atoms with Crippen molar-refractivity contribution in [2.24, 2.45) is 0 Å². The van der Waals surface area contributed by atoms with E-state index in [1.807, 2.05) is 7.05 Å². The summed E-state index contributed by atoms with van der Waals surface area (Å²) in [6.45, 7) is 3.66. The van der Waals surface area contributed by atoms with Gasteiger partial charge in [0.25, 0.3) is 0 Å². The van der Waals surface area contributed by atoms with Crippen molar-refractivity contribution >= 4 is 0 Å². The van der Waals surface area contributed by atoms with Gasteiger partial charge in [0, 0.05) is 18.6 Å². The molecule has 1 heterocycles. The average Bonchev–Trinajstić information content (AvgIpc) is 2.28. The molecule has 0 saturated carbocycles. The molecule has 0 amide bonds. The van der Waals surface area contributed by atoms with Gasteiger partial charge in [-0.15, -0.1) is 0 Å². The number of nitrogens with one attached hydrogen (secondary N) is 1. The van der Waals surface area contributed by atoms with Crippen molar-refractivity contribution in [3.05, 3.63) is 0 Å². The Hall–Kier alpha value is -0.160. The van der Waals surface area contributed by atoms with Gasteiger partial charge < -0.3 is 15.5 Å². The Kier molecular flexibility index (Phi) is 5.53. The maximum atomic E-state index is 9.47. The zero-order chi connectivity index (χ0) is 11.3. The van der Waals surface area contributed by atoms with Crippen molar-refractivity contribution in [1.82, 2.24) is 10.2 Å². The number of rotatable bonds is 5. The molecular weight excluding hydrogens is 192 g/mol. The van der Waals surface area contributed by atoms with E-state index in [9.17, 15) is 5.11 Å². The maximum absolute atomic E-state index is 9.47. The molecule has 1 rings (SSSR count). The van der Waals surface area contributed by atoms with E-state index in [-0.39, 0.29) is 6.61 Å². The van der Waals surface area contributed by atoms with E-state index in [2.05, 4.69) is 17.1 Å². The number of aliphatic hydroxyl groups excluding tert-OH is 2. The number of hydrogen-bond acceptors (Lipinski definition) is 4. The molecule has 4 heteroatoms. The Morgan fingerprint density at radius 2 is 2.20 bits per heavy atom. The van der Waals surface area contributed by atoms with E-state index in [4.69, 9.17) is 5.11 Å². The highest BCUT2D eigenvalue weighted by atomic mass is 16.3. The molecular formula is C11H24N2O2. The lowest BCUT2D eigenvalue weighted by Gasteiger charge is -2.39. The molecule has 0 aromatic heterocycles. The highest BCUT2D eigenvalue weighted by molar-refractivity contribution is 4.85. The molecule has 1 saturated heterocycles. The van der Waals surface area contributed by atoms with Gasteiger partial charge in [0.05, 0.1) is 12.7 Å². The zero-order valence-corrected chi connectivity index (χ0v) is 9.82. The number of aliphatic hydroxyl groups is 2. The average molecular weight is 216 g/mol. The van der Waals surface area contributed by atoms with Crippen LogP contribution in [0.25, 0.3) is 0 Å². The summed E-state index contributed by atoms with van der Waals surface area (Å²) >= 11 is 0. The predicted octanol–water partition coefficient (Wildman–Crippen LogP) is -0.198. The van der Waals surface area contributed by atoms with E-state index in [1.165, 1.54) is 19.3 Å². The molecule has 3 unspecified atom stereocenters. The first-order valence-electron chi connectivity index (χ1n) is 5.89. The molecule has 1 aliphatic heterocycles. The lowest BCUT2D eigenvalue weighted by molar-refractivity contribution is 0.0261. The van der Waals surface area contributed by atoms with Crippen molar-refractivity contribution in [3.8, 4) is 0 Å². The fraction of sp³-hybridized carbons (Fsp3) is 1.00. The highest BCUT2D eigenvalue weighted by Crippen LogP contribution is 2.19. The quantitative estimate of drug-likeness (QED) is 0.596. The SMILES string of the molecule is CNC(C)C1CCCCN1CC(O)CO. The molecule has 1 fully saturated rings. The molecule has 15 heavy (non-hydrogen) atoms. The van der Waals surface area contributed by atoms with E-state index in [1.54, 1.807) is 0 Å². The predicted molar refractivity (Wildman–Crippen MR) is 60.8 cm³/mol. The van der Waals surface area contributed by atoms with Crippen molar-refractivity contribution < 1.29 is 10.2 Å². The zero-order valence-electron chi connectivity index (χ0n) is 9.82. The standard InChI is InChI=1S/C11H24N2O2/c1-9(12-2)11-5-3-4-6-13(11)7-10(15)8-14/h9-12,14-15H,3-8H2,1-2H3. The minimum absolute atomic E-state index is 0.142. The summed E-state index contributed by atoms with van der Waals surface area (Å²) in [6.07, 6.45) is 3.04. The summed E-state index contributed by atoms with van der Waals surface area (Å²) in [7, 11) is 1.97. The van der Waals surface area contributed by atoms with Crippen LogP contribution >= 0.6 is 0 Å². The maximum Gasteiger partial charge on any atom is 0.0897 e. The summed E-state index contributed by atoms with van der Waals surface area (Å²) in [5, 5.41) is 21.6. The Balaban J connectivity index is 2.49. The number of nitrogens with zero attached hydrogens (tertiary/aromatic N) is 1. The Morgan fingerprint density at radius 3 is 2.80 bits per heavy atom. The van der Waals surface area contributed by atoms with Gasteiger partial charge >= 0.3 is 0 Å². The van der Waals surface area contributed by atoms with Crippen LogP contribution in [0.5, 0.6) is 0 Å². The molecule has 0 aliphatic carbocycles. The van der Waals surface area contributed by atoms with Crippen LogP contribution < -0.4 is 5.32 Å². The number of piperidine rings is 1. The van der Waals surface area contributed by atoms with Crippen LogP contribution in [0, 0.1) is 0 Å². The van der Waals surface area contributed by atoms with Gasteiger partial charge in [-0.1, -0.05) is 6.42 Å². The third-order valence-corrected chi connectivity index (χ3v) is 3.35. The smallest absolute Gasteiger partial charge is 0.0897 e. The third kappa shape index (κ3) is 3.72. The Morgan fingerprint density at radius 1 is 1.47 bits per heavy atom. The normalized spacial score (nSPS) is 27.6. The van der Waals surface area contributed by atoms with Gasteiger partial charge in [0.2, 0.25) is 0 Å². The van der Waals surface area contributed by atoms with Crippen LogP contribution in [0.4, 0.5) is 0 Å². The first-order valence-corrected chi connectivity index (χ1v) is 5.89. The molecule has 0 spiro atoms. The number of hydrogen-bond donors (Lipinski definition) is 3. The number of likely N-dealkylation sites (tertiary alicyclic amines) is 1. The lowest BCUT2D eigenvalue weighted by atomic mass is 9.96. The van der Waals surface area contributed by atoms with Gasteiger partial charge in [-0.25, -0.2) is 0 Å². The fourth-order valence-corrected chi connectivity index (χ4v) is 2.33. The van der Waals surface area contributed by atoms with Crippen molar-refractivity contribution in [2.75, 3.05) is 26.7 Å². The van der Waals surface area contributed by atoms with Gasteiger partial charge in [-0.05, 0) is 33.4 Å². The molecule has 3 atom stereocenters. The van der Waals surface area contributed by atoms with Crippen molar-refractivity contribution in [2.45, 2.75) is 44.4 Å². The van der Waals surface area contributed by atoms with Gasteiger partial charge in [0.15, 0.2) is 0 Å². The van der Waals surface area contributed by atoms with Gasteiger partial charge in [-0.3, -0.25) is 4.90 Å². The van der Waals surface area contributed by atoms with Crippen LogP contribution in [-0.4, -0.2) is 60.0 Å². The minimum Gasteiger partial charge on any atom is -0.394 e. The third-order valence-electron chi connectivity index (χ3n) is 3.35. The molecule has 90 valence electrons. The minimum atomic E-state index is -0.602. The lowest BCUT2D eigenvalue weighted by Crippen LogP contribution is -2.52. The highest BCUT2D eigenvalue weighted by Gasteiger charge is 2.27. The number of likely N-dealkylation sites (N-methyl/N-ethyl adjacent to an activating group) is 1. The van der Waals surface area contributed by atoms with Crippen molar-refractivity contribution in [1.29, 1.82) is 0 Å². The van der Waals surface area contributed by atoms with Gasteiger partial charge in [0.1, 0.15) is 0 Å². The van der Waals surface area contributed by atoms with Crippen LogP contribution in [0.15, 0.2) is 0 Å². The molecule has 0 bridgehead atoms. The Bertz CT molecular complexity index is 178. The van der Waals surface area contributed by atoms with Crippen LogP contribution in [0.1, 0.15) is 26.2 Å². The molecule has 0 aromatic rings. The summed E-state index contributed by atoms with van der Waals surface area (Å²) < 4.78 is 0. The van der Waals surface area contributed by atoms with Crippen LogP contribution in [-0.2, 0) is 0 Å². The summed E-state index contributed by atoms with van der Waals surface area (Å²) in [6, 6.07) is 0.932. The first kappa shape index (κ1) is 12.9. The fourth-order valence-electron chi connectivity index (χ4n) is 2.33. The topological polar surface area (TPSA) is 55.7 Å². The molecule has 1 aliphatic rings. The Labute approximate surface area is 92.3 Å². The number of β-amino-alcohol motifs (C(OH)–C–C–N with tert-alkyl or cyclic N) is 1. The molecule has 3 N–H and O–H groups in total. The first-order chi connectivity index (χ1) is 7.19. The van der Waals surface area contributed by atoms with E-state index < -0.39 is 6.10 Å². The summed E-state index contributed by atoms with van der Waals surface area (Å²) in [5.41, 5.74) is 0. The summed E-state index contributed by atoms with van der Waals surface area (Å²) in [4.78, 5) is 2.30. The van der Waals surface area contributed by atoms with E-state index in [0.29, 0.717) is 18.6 Å². The van der Waals surface area contributed by atoms with Crippen LogP contribution in [0.3, 0.4) is 0 Å². The molecule has 4 nitrogen and oxygen atoms in total. The van der Waals surface area contributed by atoms with E-state index >= 15 is 0 Å².